The van der Waals surface area contributed by atoms with Gasteiger partial charge in [-0.05, 0) is 75.4 Å². The average Bonchev–Trinajstić information content (AvgIpc) is 3.26. The molecule has 10 heteroatoms. The first kappa shape index (κ1) is 26.6. The minimum absolute atomic E-state index is 0.0164. The van der Waals surface area contributed by atoms with Crippen molar-refractivity contribution < 1.29 is 13.2 Å². The van der Waals surface area contributed by atoms with Gasteiger partial charge in [-0.1, -0.05) is 30.3 Å². The maximum atomic E-state index is 13.4. The Kier molecular flexibility index (Phi) is 6.77. The summed E-state index contributed by atoms with van der Waals surface area (Å²) in [5.41, 5.74) is 2.44. The van der Waals surface area contributed by atoms with Crippen molar-refractivity contribution in [3.63, 3.8) is 0 Å². The Labute approximate surface area is 224 Å². The lowest BCUT2D eigenvalue weighted by Gasteiger charge is -2.39. The third-order valence-corrected chi connectivity index (χ3v) is 10.3. The van der Waals surface area contributed by atoms with Gasteiger partial charge in [-0.25, -0.2) is 13.2 Å². The molecule has 0 saturated carbocycles. The Balaban J connectivity index is 1.19. The maximum absolute atomic E-state index is 13.4. The maximum Gasteiger partial charge on any atom is 0.328 e. The SMILES string of the molecule is Cn1c(=O)n(C)c2cc(NC(=O)CN3CCC4(CC3)CN(S(=O)(=O)Cc3ccccc3)C(C)(C)C4)ccc21. The number of rotatable bonds is 6. The predicted molar refractivity (Wildman–Crippen MR) is 149 cm³/mol. The number of hydrogen-bond acceptors (Lipinski definition) is 5. The van der Waals surface area contributed by atoms with E-state index in [2.05, 4.69) is 10.2 Å². The van der Waals surface area contributed by atoms with Gasteiger partial charge in [-0.3, -0.25) is 18.8 Å². The van der Waals surface area contributed by atoms with E-state index in [0.29, 0.717) is 12.2 Å². The highest BCUT2D eigenvalue weighted by molar-refractivity contribution is 7.88. The highest BCUT2D eigenvalue weighted by atomic mass is 32.2. The van der Waals surface area contributed by atoms with Crippen LogP contribution in [0.25, 0.3) is 11.0 Å². The first-order valence-electron chi connectivity index (χ1n) is 13.1. The van der Waals surface area contributed by atoms with Crippen LogP contribution in [0, 0.1) is 5.41 Å². The summed E-state index contributed by atoms with van der Waals surface area (Å²) in [4.78, 5) is 27.2. The van der Waals surface area contributed by atoms with Gasteiger partial charge in [0.2, 0.25) is 15.9 Å². The number of sulfonamides is 1. The van der Waals surface area contributed by atoms with Crippen molar-refractivity contribution in [2.75, 3.05) is 31.5 Å². The number of amides is 1. The molecular weight excluding hydrogens is 502 g/mol. The van der Waals surface area contributed by atoms with Gasteiger partial charge in [-0.15, -0.1) is 0 Å². The van der Waals surface area contributed by atoms with Crippen molar-refractivity contribution in [2.24, 2.45) is 19.5 Å². The van der Waals surface area contributed by atoms with Crippen LogP contribution in [0.15, 0.2) is 53.3 Å². The Morgan fingerprint density at radius 1 is 0.974 bits per heavy atom. The third-order valence-electron chi connectivity index (χ3n) is 8.33. The normalized spacial score (nSPS) is 19.8. The molecule has 2 fully saturated rings. The monoisotopic (exact) mass is 539 g/mol. The van der Waals surface area contributed by atoms with Crippen molar-refractivity contribution in [1.29, 1.82) is 0 Å². The molecule has 0 atom stereocenters. The van der Waals surface area contributed by atoms with Crippen LogP contribution in [0.5, 0.6) is 0 Å². The van der Waals surface area contributed by atoms with E-state index in [9.17, 15) is 18.0 Å². The van der Waals surface area contributed by atoms with Crippen molar-refractivity contribution in [3.8, 4) is 0 Å². The molecular formula is C28H37N5O4S. The summed E-state index contributed by atoms with van der Waals surface area (Å²) in [6.07, 6.45) is 2.54. The molecule has 0 aliphatic carbocycles. The van der Waals surface area contributed by atoms with Gasteiger partial charge >= 0.3 is 5.69 Å². The number of nitrogens with one attached hydrogen (secondary N) is 1. The van der Waals surface area contributed by atoms with Gasteiger partial charge in [0, 0.05) is 31.9 Å². The zero-order valence-corrected chi connectivity index (χ0v) is 23.4. The molecule has 2 aliphatic heterocycles. The molecule has 1 amide bonds. The van der Waals surface area contributed by atoms with Crippen molar-refractivity contribution in [1.82, 2.24) is 18.3 Å². The van der Waals surface area contributed by atoms with Crippen molar-refractivity contribution >= 4 is 32.7 Å². The van der Waals surface area contributed by atoms with E-state index in [1.54, 1.807) is 27.5 Å². The van der Waals surface area contributed by atoms with Crippen LogP contribution in [-0.4, -0.2) is 64.4 Å². The van der Waals surface area contributed by atoms with Gasteiger partial charge in [-0.2, -0.15) is 4.31 Å². The number of imidazole rings is 1. The van der Waals surface area contributed by atoms with E-state index in [4.69, 9.17) is 0 Å². The standard InChI is InChI=1S/C28H37N5O4S/c1-27(2)19-28(20-33(27)38(36,37)18-21-8-6-5-7-9-21)12-14-32(15-13-28)17-25(34)29-22-10-11-23-24(16-22)31(4)26(35)30(23)3/h5-11,16H,12-15,17-20H2,1-4H3,(H,29,34). The molecule has 3 aromatic rings. The highest BCUT2D eigenvalue weighted by Crippen LogP contribution is 2.49. The van der Waals surface area contributed by atoms with E-state index in [1.165, 1.54) is 0 Å². The lowest BCUT2D eigenvalue weighted by molar-refractivity contribution is -0.117. The topological polar surface area (TPSA) is 96.7 Å². The second-order valence-corrected chi connectivity index (χ2v) is 13.6. The summed E-state index contributed by atoms with van der Waals surface area (Å²) in [6.45, 7) is 6.38. The first-order valence-corrected chi connectivity index (χ1v) is 14.7. The fourth-order valence-electron chi connectivity index (χ4n) is 6.43. The fourth-order valence-corrected chi connectivity index (χ4v) is 8.48. The number of carbonyl (C=O) groups is 1. The smallest absolute Gasteiger partial charge is 0.325 e. The lowest BCUT2D eigenvalue weighted by atomic mass is 9.74. The number of piperidine rings is 1. The van der Waals surface area contributed by atoms with Gasteiger partial charge in [0.05, 0.1) is 23.3 Å². The van der Waals surface area contributed by atoms with Crippen molar-refractivity contribution in [3.05, 3.63) is 64.6 Å². The quantitative estimate of drug-likeness (QED) is 0.520. The van der Waals surface area contributed by atoms with Crippen LogP contribution in [0.3, 0.4) is 0 Å². The summed E-state index contributed by atoms with van der Waals surface area (Å²) in [5, 5.41) is 2.97. The minimum Gasteiger partial charge on any atom is -0.325 e. The lowest BCUT2D eigenvalue weighted by Crippen LogP contribution is -2.45. The highest BCUT2D eigenvalue weighted by Gasteiger charge is 2.53. The number of fused-ring (bicyclic) bond motifs is 1. The first-order chi connectivity index (χ1) is 17.9. The fraction of sp³-hybridized carbons (Fsp3) is 0.500. The van der Waals surface area contributed by atoms with Crippen LogP contribution < -0.4 is 11.0 Å². The molecule has 204 valence electrons. The molecule has 2 saturated heterocycles. The van der Waals surface area contributed by atoms with Crippen LogP contribution >= 0.6 is 0 Å². The van der Waals surface area contributed by atoms with Gasteiger partial charge in [0.15, 0.2) is 0 Å². The number of likely N-dealkylation sites (tertiary alicyclic amines) is 1. The number of hydrogen-bond donors (Lipinski definition) is 1. The van der Waals surface area contributed by atoms with E-state index in [-0.39, 0.29) is 29.3 Å². The number of benzene rings is 2. The summed E-state index contributed by atoms with van der Waals surface area (Å²) in [6, 6.07) is 14.8. The Morgan fingerprint density at radius 2 is 1.63 bits per heavy atom. The molecule has 0 bridgehead atoms. The Hall–Kier alpha value is -2.95. The average molecular weight is 540 g/mol. The zero-order chi connectivity index (χ0) is 27.3. The number of aryl methyl sites for hydroxylation is 2. The molecule has 0 radical (unpaired) electrons. The zero-order valence-electron chi connectivity index (χ0n) is 22.6. The molecule has 1 N–H and O–H groups in total. The van der Waals surface area contributed by atoms with Crippen LogP contribution in [0.2, 0.25) is 0 Å². The molecule has 1 aromatic heterocycles. The van der Waals surface area contributed by atoms with E-state index < -0.39 is 15.6 Å². The number of aromatic nitrogens is 2. The molecule has 38 heavy (non-hydrogen) atoms. The molecule has 0 unspecified atom stereocenters. The number of nitrogens with zero attached hydrogens (tertiary/aromatic N) is 4. The van der Waals surface area contributed by atoms with Gasteiger partial charge in [0.1, 0.15) is 0 Å². The second kappa shape index (κ2) is 9.66. The third kappa shape index (κ3) is 5.04. The van der Waals surface area contributed by atoms with E-state index >= 15 is 0 Å². The summed E-state index contributed by atoms with van der Waals surface area (Å²) in [5.74, 6) is -0.0807. The molecule has 2 aromatic carbocycles. The molecule has 9 nitrogen and oxygen atoms in total. The largest absolute Gasteiger partial charge is 0.328 e. The predicted octanol–water partition coefficient (Wildman–Crippen LogP) is 2.91. The second-order valence-electron chi connectivity index (χ2n) is 11.7. The van der Waals surface area contributed by atoms with Crippen LogP contribution in [0.1, 0.15) is 38.7 Å². The minimum atomic E-state index is -3.45. The molecule has 2 aliphatic rings. The molecule has 5 rings (SSSR count). The van der Waals surface area contributed by atoms with E-state index in [1.807, 2.05) is 62.4 Å². The summed E-state index contributed by atoms with van der Waals surface area (Å²) in [7, 11) is 0.00164. The summed E-state index contributed by atoms with van der Waals surface area (Å²) >= 11 is 0. The number of anilines is 1. The number of carbonyl (C=O) groups excluding carboxylic acids is 1. The molecule has 1 spiro atoms. The Morgan fingerprint density at radius 3 is 2.32 bits per heavy atom. The van der Waals surface area contributed by atoms with Gasteiger partial charge in [0.25, 0.3) is 0 Å². The van der Waals surface area contributed by atoms with Gasteiger partial charge < -0.3 is 5.32 Å². The van der Waals surface area contributed by atoms with E-state index in [0.717, 1.165) is 48.9 Å². The molecule has 3 heterocycles. The summed E-state index contributed by atoms with van der Waals surface area (Å²) < 4.78 is 31.7. The van der Waals surface area contributed by atoms with Crippen LogP contribution in [0.4, 0.5) is 5.69 Å². The van der Waals surface area contributed by atoms with Crippen molar-refractivity contribution in [2.45, 2.75) is 44.4 Å². The Bertz CT molecular complexity index is 1520. The van der Waals surface area contributed by atoms with Crippen LogP contribution in [-0.2, 0) is 34.7 Å².